The predicted octanol–water partition coefficient (Wildman–Crippen LogP) is 5.25. The molecule has 0 aliphatic carbocycles. The van der Waals surface area contributed by atoms with Crippen molar-refractivity contribution in [3.8, 4) is 17.2 Å². The summed E-state index contributed by atoms with van der Waals surface area (Å²) in [4.78, 5) is 23.6. The number of rotatable bonds is 8. The number of nitro benzene ring substituents is 1. The Bertz CT molecular complexity index is 1140. The summed E-state index contributed by atoms with van der Waals surface area (Å²) < 4.78 is 13.5. The van der Waals surface area contributed by atoms with Gasteiger partial charge in [0, 0.05) is 17.8 Å². The van der Waals surface area contributed by atoms with Gasteiger partial charge in [-0.05, 0) is 54.0 Å². The zero-order valence-electron chi connectivity index (χ0n) is 18.1. The van der Waals surface area contributed by atoms with Crippen LogP contribution in [-0.2, 0) is 11.3 Å². The maximum atomic E-state index is 12.8. The number of ether oxygens (including phenoxy) is 2. The number of carbonyl (C=O) groups excluding carboxylic acids is 1. The van der Waals surface area contributed by atoms with Gasteiger partial charge in [0.25, 0.3) is 5.69 Å². The van der Waals surface area contributed by atoms with E-state index < -0.39 is 10.8 Å². The SMILES string of the molecule is COc1ccc(Oc2cc(NC(=O)C(C)Cn3nc(C)c(Br)c3C)cc([N+](=O)[O-])c2)cc1. The van der Waals surface area contributed by atoms with Crippen molar-refractivity contribution in [1.82, 2.24) is 9.78 Å². The van der Waals surface area contributed by atoms with E-state index in [9.17, 15) is 14.9 Å². The van der Waals surface area contributed by atoms with Crippen LogP contribution in [0.5, 0.6) is 17.2 Å². The van der Waals surface area contributed by atoms with Crippen molar-refractivity contribution in [2.24, 2.45) is 5.92 Å². The highest BCUT2D eigenvalue weighted by molar-refractivity contribution is 9.10. The van der Waals surface area contributed by atoms with Crippen LogP contribution in [0.25, 0.3) is 0 Å². The molecule has 0 radical (unpaired) electrons. The third-order valence-corrected chi connectivity index (χ3v) is 6.00. The Labute approximate surface area is 193 Å². The second-order valence-corrected chi connectivity index (χ2v) is 8.10. The highest BCUT2D eigenvalue weighted by Crippen LogP contribution is 2.31. The number of nitro groups is 1. The van der Waals surface area contributed by atoms with Crippen LogP contribution in [0, 0.1) is 29.9 Å². The topological polar surface area (TPSA) is 109 Å². The number of benzene rings is 2. The maximum Gasteiger partial charge on any atom is 0.275 e. The Morgan fingerprint density at radius 2 is 1.84 bits per heavy atom. The van der Waals surface area contributed by atoms with Gasteiger partial charge in [0.1, 0.15) is 17.2 Å². The number of hydrogen-bond acceptors (Lipinski definition) is 6. The highest BCUT2D eigenvalue weighted by Gasteiger charge is 2.19. The van der Waals surface area contributed by atoms with Gasteiger partial charge in [0.15, 0.2) is 0 Å². The van der Waals surface area contributed by atoms with E-state index in [1.165, 1.54) is 12.1 Å². The second-order valence-electron chi connectivity index (χ2n) is 7.31. The first-order valence-corrected chi connectivity index (χ1v) is 10.6. The van der Waals surface area contributed by atoms with E-state index in [-0.39, 0.29) is 23.0 Å². The fourth-order valence-electron chi connectivity index (χ4n) is 3.06. The molecule has 0 aliphatic heterocycles. The van der Waals surface area contributed by atoms with Crippen molar-refractivity contribution >= 4 is 33.2 Å². The van der Waals surface area contributed by atoms with Crippen LogP contribution >= 0.6 is 15.9 Å². The Balaban J connectivity index is 1.77. The average molecular weight is 503 g/mol. The first kappa shape index (κ1) is 23.3. The van der Waals surface area contributed by atoms with Gasteiger partial charge in [-0.15, -0.1) is 0 Å². The zero-order chi connectivity index (χ0) is 23.4. The Hall–Kier alpha value is -3.40. The molecule has 0 bridgehead atoms. The summed E-state index contributed by atoms with van der Waals surface area (Å²) in [6.07, 6.45) is 0. The van der Waals surface area contributed by atoms with E-state index in [0.717, 1.165) is 15.9 Å². The number of hydrogen-bond donors (Lipinski definition) is 1. The molecule has 0 saturated heterocycles. The van der Waals surface area contributed by atoms with E-state index in [2.05, 4.69) is 26.3 Å². The summed E-state index contributed by atoms with van der Waals surface area (Å²) in [5.74, 6) is 0.657. The number of aryl methyl sites for hydroxylation is 1. The molecule has 1 atom stereocenters. The summed E-state index contributed by atoms with van der Waals surface area (Å²) in [6.45, 7) is 5.93. The number of amides is 1. The first-order chi connectivity index (χ1) is 15.2. The van der Waals surface area contributed by atoms with Gasteiger partial charge in [0.05, 0.1) is 46.4 Å². The molecule has 0 saturated carbocycles. The first-order valence-electron chi connectivity index (χ1n) is 9.79. The van der Waals surface area contributed by atoms with E-state index >= 15 is 0 Å². The van der Waals surface area contributed by atoms with Crippen LogP contribution < -0.4 is 14.8 Å². The lowest BCUT2D eigenvalue weighted by molar-refractivity contribution is -0.384. The van der Waals surface area contributed by atoms with Crippen molar-refractivity contribution in [2.75, 3.05) is 12.4 Å². The molecule has 1 N–H and O–H groups in total. The highest BCUT2D eigenvalue weighted by atomic mass is 79.9. The lowest BCUT2D eigenvalue weighted by Gasteiger charge is -2.14. The lowest BCUT2D eigenvalue weighted by Crippen LogP contribution is -2.25. The van der Waals surface area contributed by atoms with Crippen molar-refractivity contribution in [3.05, 3.63) is 68.4 Å². The number of aromatic nitrogens is 2. The number of carbonyl (C=O) groups is 1. The molecule has 168 valence electrons. The molecule has 9 nitrogen and oxygen atoms in total. The molecule has 0 fully saturated rings. The van der Waals surface area contributed by atoms with Gasteiger partial charge in [-0.3, -0.25) is 19.6 Å². The second kappa shape index (κ2) is 9.82. The summed E-state index contributed by atoms with van der Waals surface area (Å²) in [5, 5.41) is 18.5. The zero-order valence-corrected chi connectivity index (χ0v) is 19.7. The molecule has 3 aromatic rings. The molecule has 0 spiro atoms. The van der Waals surface area contributed by atoms with Gasteiger partial charge in [-0.25, -0.2) is 0 Å². The smallest absolute Gasteiger partial charge is 0.275 e. The molecule has 3 rings (SSSR count). The van der Waals surface area contributed by atoms with Crippen LogP contribution in [0.2, 0.25) is 0 Å². The number of methoxy groups -OCH3 is 1. The summed E-state index contributed by atoms with van der Waals surface area (Å²) in [7, 11) is 1.56. The summed E-state index contributed by atoms with van der Waals surface area (Å²) in [6, 6.07) is 10.9. The predicted molar refractivity (Wildman–Crippen MR) is 123 cm³/mol. The van der Waals surface area contributed by atoms with E-state index in [0.29, 0.717) is 18.0 Å². The van der Waals surface area contributed by atoms with Crippen molar-refractivity contribution in [2.45, 2.75) is 27.3 Å². The van der Waals surface area contributed by atoms with Gasteiger partial charge in [0.2, 0.25) is 5.91 Å². The minimum atomic E-state index is -0.534. The van der Waals surface area contributed by atoms with Gasteiger partial charge in [-0.1, -0.05) is 6.92 Å². The number of non-ortho nitro benzene ring substituents is 1. The van der Waals surface area contributed by atoms with Gasteiger partial charge in [-0.2, -0.15) is 5.10 Å². The van der Waals surface area contributed by atoms with Crippen molar-refractivity contribution < 1.29 is 19.2 Å². The van der Waals surface area contributed by atoms with E-state index in [1.54, 1.807) is 49.0 Å². The maximum absolute atomic E-state index is 12.8. The van der Waals surface area contributed by atoms with Crippen LogP contribution in [0.3, 0.4) is 0 Å². The Morgan fingerprint density at radius 1 is 1.19 bits per heavy atom. The molecule has 32 heavy (non-hydrogen) atoms. The molecule has 0 aliphatic rings. The average Bonchev–Trinajstić information content (AvgIpc) is 3.00. The standard InChI is InChI=1S/C22H23BrN4O5/c1-13(12-26-15(3)21(23)14(2)25-26)22(28)24-16-9-17(27(29)30)11-20(10-16)32-19-7-5-18(31-4)6-8-19/h5-11,13H,12H2,1-4H3,(H,24,28). The molecule has 10 heteroatoms. The quantitative estimate of drug-likeness (QED) is 0.333. The monoisotopic (exact) mass is 502 g/mol. The Kier molecular flexibility index (Phi) is 7.14. The fraction of sp³-hybridized carbons (Fsp3) is 0.273. The molecule has 1 unspecified atom stereocenters. The molecule has 1 aromatic heterocycles. The molecular weight excluding hydrogens is 480 g/mol. The summed E-state index contributed by atoms with van der Waals surface area (Å²) in [5.41, 5.74) is 1.84. The third kappa shape index (κ3) is 5.44. The normalized spacial score (nSPS) is 11.7. The van der Waals surface area contributed by atoms with Gasteiger partial charge >= 0.3 is 0 Å². The van der Waals surface area contributed by atoms with Crippen LogP contribution in [0.1, 0.15) is 18.3 Å². The van der Waals surface area contributed by atoms with Crippen LogP contribution in [-0.4, -0.2) is 27.7 Å². The third-order valence-electron chi connectivity index (χ3n) is 4.85. The lowest BCUT2D eigenvalue weighted by atomic mass is 10.1. The molecule has 1 amide bonds. The van der Waals surface area contributed by atoms with Crippen LogP contribution in [0.15, 0.2) is 46.9 Å². The largest absolute Gasteiger partial charge is 0.497 e. The molecular formula is C22H23BrN4O5. The number of anilines is 1. The van der Waals surface area contributed by atoms with E-state index in [1.807, 2.05) is 13.8 Å². The minimum Gasteiger partial charge on any atom is -0.497 e. The van der Waals surface area contributed by atoms with Crippen molar-refractivity contribution in [1.29, 1.82) is 0 Å². The molecule has 1 heterocycles. The van der Waals surface area contributed by atoms with Crippen LogP contribution in [0.4, 0.5) is 11.4 Å². The minimum absolute atomic E-state index is 0.193. The number of nitrogens with zero attached hydrogens (tertiary/aromatic N) is 3. The number of nitrogens with one attached hydrogen (secondary N) is 1. The van der Waals surface area contributed by atoms with Crippen molar-refractivity contribution in [3.63, 3.8) is 0 Å². The van der Waals surface area contributed by atoms with E-state index in [4.69, 9.17) is 9.47 Å². The molecule has 2 aromatic carbocycles. The Morgan fingerprint density at radius 3 is 2.41 bits per heavy atom. The summed E-state index contributed by atoms with van der Waals surface area (Å²) >= 11 is 3.48. The van der Waals surface area contributed by atoms with Gasteiger partial charge < -0.3 is 14.8 Å². The number of halogens is 1. The fourth-order valence-corrected chi connectivity index (χ4v) is 3.34.